The Morgan fingerprint density at radius 1 is 1.13 bits per heavy atom. The Morgan fingerprint density at radius 2 is 1.80 bits per heavy atom. The third kappa shape index (κ3) is 4.54. The Labute approximate surface area is 181 Å². The van der Waals surface area contributed by atoms with Gasteiger partial charge in [-0.25, -0.2) is 9.97 Å². The largest absolute Gasteiger partial charge is 0.416 e. The monoisotopic (exact) mass is 499 g/mol. The molecule has 0 fully saturated rings. The molecule has 1 heterocycles. The molecule has 1 atom stereocenters. The predicted octanol–water partition coefficient (Wildman–Crippen LogP) is 6.45. The molecule has 0 bridgehead atoms. The zero-order valence-corrected chi connectivity index (χ0v) is 19.7. The summed E-state index contributed by atoms with van der Waals surface area (Å²) in [6.45, 7) is 8.36. The van der Waals surface area contributed by atoms with Crippen molar-refractivity contribution in [3.8, 4) is 0 Å². The maximum absolute atomic E-state index is 13.3. The molecule has 2 aromatic carbocycles. The fourth-order valence-electron chi connectivity index (χ4n) is 3.49. The maximum Gasteiger partial charge on any atom is 0.416 e. The van der Waals surface area contributed by atoms with Crippen molar-refractivity contribution in [3.63, 3.8) is 0 Å². The van der Waals surface area contributed by atoms with E-state index >= 15 is 0 Å². The summed E-state index contributed by atoms with van der Waals surface area (Å²) in [5.74, 6) is 1.01. The van der Waals surface area contributed by atoms with Gasteiger partial charge in [-0.3, -0.25) is 0 Å². The van der Waals surface area contributed by atoms with Gasteiger partial charge in [0.2, 0.25) is 0 Å². The molecule has 1 aromatic heterocycles. The van der Waals surface area contributed by atoms with Gasteiger partial charge in [-0.05, 0) is 79.4 Å². The number of nitrogens with one attached hydrogen (secondary N) is 1. The molecule has 30 heavy (non-hydrogen) atoms. The van der Waals surface area contributed by atoms with E-state index in [0.29, 0.717) is 37.9 Å². The van der Waals surface area contributed by atoms with Crippen LogP contribution in [0.3, 0.4) is 0 Å². The number of nitrogens with zero attached hydrogens (tertiary/aromatic N) is 2. The topological polar surface area (TPSA) is 54.9 Å². The second kappa shape index (κ2) is 7.97. The summed E-state index contributed by atoms with van der Waals surface area (Å²) >= 11 is 3.47. The number of alkyl halides is 3. The molecule has 0 aliphatic heterocycles. The molecular weight excluding hydrogens is 478 g/mol. The van der Waals surface area contributed by atoms with Crippen LogP contribution in [0.5, 0.6) is 0 Å². The Balaban J connectivity index is 2.11. The summed E-state index contributed by atoms with van der Waals surface area (Å²) in [5.41, 5.74) is 0.710. The third-order valence-electron chi connectivity index (χ3n) is 4.96. The standard InChI is InChI=1S/C21H22BrF3N3OP/c1-11-14(7-6-8-16(11)21(23,24)25)12(2)26-20-15-9-19(30(4,5)29)17(22)10-18(15)27-13(3)28-20/h6-10,12H,1-5H3,(H,26,27,28)/t12-/m1/s1. The van der Waals surface area contributed by atoms with E-state index in [1.165, 1.54) is 13.0 Å². The average molecular weight is 500 g/mol. The average Bonchev–Trinajstić information content (AvgIpc) is 2.58. The van der Waals surface area contributed by atoms with Crippen LogP contribution in [-0.4, -0.2) is 23.3 Å². The van der Waals surface area contributed by atoms with Gasteiger partial charge in [-0.15, -0.1) is 0 Å². The summed E-state index contributed by atoms with van der Waals surface area (Å²) in [6, 6.07) is 7.31. The first kappa shape index (κ1) is 22.8. The summed E-state index contributed by atoms with van der Waals surface area (Å²) < 4.78 is 53.3. The van der Waals surface area contributed by atoms with Gasteiger partial charge in [0.15, 0.2) is 0 Å². The molecule has 1 N–H and O–H groups in total. The van der Waals surface area contributed by atoms with Crippen molar-refractivity contribution in [2.24, 2.45) is 0 Å². The fraction of sp³-hybridized carbons (Fsp3) is 0.333. The quantitative estimate of drug-likeness (QED) is 0.419. The number of aryl methyl sites for hydroxylation is 1. The molecule has 0 amide bonds. The van der Waals surface area contributed by atoms with Crippen molar-refractivity contribution in [1.82, 2.24) is 9.97 Å². The van der Waals surface area contributed by atoms with Crippen LogP contribution in [0, 0.1) is 13.8 Å². The minimum Gasteiger partial charge on any atom is -0.363 e. The highest BCUT2D eigenvalue weighted by Crippen LogP contribution is 2.40. The predicted molar refractivity (Wildman–Crippen MR) is 119 cm³/mol. The smallest absolute Gasteiger partial charge is 0.363 e. The van der Waals surface area contributed by atoms with E-state index < -0.39 is 24.9 Å². The van der Waals surface area contributed by atoms with Crippen molar-refractivity contribution < 1.29 is 17.7 Å². The van der Waals surface area contributed by atoms with Crippen molar-refractivity contribution >= 4 is 45.1 Å². The highest BCUT2D eigenvalue weighted by Gasteiger charge is 2.33. The van der Waals surface area contributed by atoms with Gasteiger partial charge in [0, 0.05) is 15.2 Å². The van der Waals surface area contributed by atoms with Crippen LogP contribution in [0.25, 0.3) is 10.9 Å². The molecule has 9 heteroatoms. The van der Waals surface area contributed by atoms with Crippen LogP contribution in [0.15, 0.2) is 34.8 Å². The van der Waals surface area contributed by atoms with E-state index in [1.807, 2.05) is 0 Å². The molecule has 3 aromatic rings. The first-order valence-electron chi connectivity index (χ1n) is 9.25. The molecule has 160 valence electrons. The zero-order valence-electron chi connectivity index (χ0n) is 17.2. The number of aromatic nitrogens is 2. The Hall–Kier alpha value is -1.92. The fourth-order valence-corrected chi connectivity index (χ4v) is 6.12. The normalized spacial score (nSPS) is 13.5. The first-order chi connectivity index (χ1) is 13.8. The summed E-state index contributed by atoms with van der Waals surface area (Å²) in [6.07, 6.45) is -4.41. The number of anilines is 1. The number of rotatable bonds is 4. The van der Waals surface area contributed by atoms with Crippen LogP contribution in [0.1, 0.15) is 35.5 Å². The second-order valence-corrected chi connectivity index (χ2v) is 11.7. The Morgan fingerprint density at radius 3 is 2.40 bits per heavy atom. The third-order valence-corrected chi connectivity index (χ3v) is 7.45. The number of hydrogen-bond acceptors (Lipinski definition) is 4. The van der Waals surface area contributed by atoms with Crippen LogP contribution >= 0.6 is 23.1 Å². The second-order valence-electron chi connectivity index (χ2n) is 7.67. The number of benzene rings is 2. The van der Waals surface area contributed by atoms with E-state index in [1.54, 1.807) is 45.4 Å². The molecule has 0 unspecified atom stereocenters. The number of halogens is 4. The first-order valence-corrected chi connectivity index (χ1v) is 12.6. The lowest BCUT2D eigenvalue weighted by atomic mass is 9.97. The highest BCUT2D eigenvalue weighted by molar-refractivity contribution is 9.10. The minimum absolute atomic E-state index is 0.176. The summed E-state index contributed by atoms with van der Waals surface area (Å²) in [5, 5.41) is 4.56. The summed E-state index contributed by atoms with van der Waals surface area (Å²) in [7, 11) is -2.57. The number of hydrogen-bond donors (Lipinski definition) is 1. The molecule has 0 radical (unpaired) electrons. The SMILES string of the molecule is Cc1nc(N[C@H](C)c2cccc(C(F)(F)F)c2C)c2cc(P(C)(C)=O)c(Br)cc2n1. The van der Waals surface area contributed by atoms with Crippen LogP contribution in [-0.2, 0) is 10.7 Å². The molecule has 0 aliphatic carbocycles. The Kier molecular flexibility index (Phi) is 6.04. The van der Waals surface area contributed by atoms with Crippen molar-refractivity contribution in [1.29, 1.82) is 0 Å². The van der Waals surface area contributed by atoms with E-state index in [9.17, 15) is 17.7 Å². The van der Waals surface area contributed by atoms with Crippen molar-refractivity contribution in [2.45, 2.75) is 33.0 Å². The number of fused-ring (bicyclic) bond motifs is 1. The molecule has 0 aliphatic rings. The lowest BCUT2D eigenvalue weighted by molar-refractivity contribution is -0.138. The lowest BCUT2D eigenvalue weighted by Crippen LogP contribution is -2.15. The van der Waals surface area contributed by atoms with Crippen LogP contribution in [0.2, 0.25) is 0 Å². The van der Waals surface area contributed by atoms with Gasteiger partial charge in [0.1, 0.15) is 18.8 Å². The molecule has 0 saturated heterocycles. The van der Waals surface area contributed by atoms with E-state index in [-0.39, 0.29) is 5.56 Å². The van der Waals surface area contributed by atoms with Gasteiger partial charge in [-0.1, -0.05) is 12.1 Å². The zero-order chi connectivity index (χ0) is 22.4. The van der Waals surface area contributed by atoms with Crippen LogP contribution in [0.4, 0.5) is 19.0 Å². The van der Waals surface area contributed by atoms with Gasteiger partial charge < -0.3 is 9.88 Å². The molecule has 3 rings (SSSR count). The molecular formula is C21H22BrF3N3OP. The van der Waals surface area contributed by atoms with Gasteiger partial charge >= 0.3 is 6.18 Å². The van der Waals surface area contributed by atoms with Crippen LogP contribution < -0.4 is 10.6 Å². The van der Waals surface area contributed by atoms with E-state index in [2.05, 4.69) is 31.2 Å². The lowest BCUT2D eigenvalue weighted by Gasteiger charge is -2.21. The molecule has 0 saturated carbocycles. The highest BCUT2D eigenvalue weighted by atomic mass is 79.9. The minimum atomic E-state index is -4.41. The van der Waals surface area contributed by atoms with Gasteiger partial charge in [0.25, 0.3) is 0 Å². The Bertz CT molecular complexity index is 1170. The molecule has 0 spiro atoms. The summed E-state index contributed by atoms with van der Waals surface area (Å²) in [4.78, 5) is 8.92. The molecule has 4 nitrogen and oxygen atoms in total. The van der Waals surface area contributed by atoms with Crippen molar-refractivity contribution in [3.05, 3.63) is 57.3 Å². The van der Waals surface area contributed by atoms with Gasteiger partial charge in [-0.2, -0.15) is 13.2 Å². The van der Waals surface area contributed by atoms with E-state index in [4.69, 9.17) is 0 Å². The van der Waals surface area contributed by atoms with Crippen molar-refractivity contribution in [2.75, 3.05) is 18.6 Å². The van der Waals surface area contributed by atoms with E-state index in [0.717, 1.165) is 6.07 Å². The van der Waals surface area contributed by atoms with Gasteiger partial charge in [0.05, 0.1) is 17.1 Å². The maximum atomic E-state index is 13.3.